The van der Waals surface area contributed by atoms with Crippen LogP contribution in [0.2, 0.25) is 0 Å². The molecule has 2 aromatic rings. The minimum Gasteiger partial charge on any atom is -0.305 e. The number of benzene rings is 2. The quantitative estimate of drug-likeness (QED) is 0.860. The van der Waals surface area contributed by atoms with Gasteiger partial charge in [-0.2, -0.15) is 0 Å². The molecule has 0 saturated heterocycles. The van der Waals surface area contributed by atoms with Gasteiger partial charge in [-0.1, -0.05) is 36.4 Å². The zero-order valence-electron chi connectivity index (χ0n) is 11.2. The average molecular weight is 273 g/mol. The first kappa shape index (κ1) is 13.3. The molecular weight excluding hydrogens is 256 g/mol. The Balaban J connectivity index is 1.75. The van der Waals surface area contributed by atoms with E-state index in [1.165, 1.54) is 36.6 Å². The Morgan fingerprint density at radius 1 is 0.950 bits per heavy atom. The van der Waals surface area contributed by atoms with E-state index in [0.717, 1.165) is 0 Å². The van der Waals surface area contributed by atoms with E-state index in [0.29, 0.717) is 5.92 Å². The van der Waals surface area contributed by atoms with Gasteiger partial charge < -0.3 is 5.32 Å². The summed E-state index contributed by atoms with van der Waals surface area (Å²) in [6, 6.07) is 14.3. The van der Waals surface area contributed by atoms with Crippen molar-refractivity contribution in [2.45, 2.75) is 25.4 Å². The summed E-state index contributed by atoms with van der Waals surface area (Å²) in [5.41, 5.74) is 1.31. The second-order valence-corrected chi connectivity index (χ2v) is 5.31. The van der Waals surface area contributed by atoms with Crippen LogP contribution in [0.5, 0.6) is 0 Å². The summed E-state index contributed by atoms with van der Waals surface area (Å²) >= 11 is 0. The van der Waals surface area contributed by atoms with Crippen LogP contribution in [0.3, 0.4) is 0 Å². The summed E-state index contributed by atoms with van der Waals surface area (Å²) in [5, 5.41) is 3.32. The molecule has 1 aliphatic rings. The molecule has 0 heterocycles. The van der Waals surface area contributed by atoms with Crippen LogP contribution in [0.4, 0.5) is 8.78 Å². The van der Waals surface area contributed by atoms with Crippen LogP contribution in [0.25, 0.3) is 0 Å². The lowest BCUT2D eigenvalue weighted by atomic mass is 10.0. The highest BCUT2D eigenvalue weighted by molar-refractivity contribution is 5.23. The summed E-state index contributed by atoms with van der Waals surface area (Å²) in [4.78, 5) is 0. The lowest BCUT2D eigenvalue weighted by Crippen LogP contribution is -2.23. The first-order chi connectivity index (χ1) is 9.75. The molecule has 0 aliphatic heterocycles. The van der Waals surface area contributed by atoms with Crippen LogP contribution in [0.15, 0.2) is 48.5 Å². The van der Waals surface area contributed by atoms with E-state index in [1.807, 2.05) is 18.2 Å². The summed E-state index contributed by atoms with van der Waals surface area (Å²) in [5.74, 6) is -0.396. The lowest BCUT2D eigenvalue weighted by Gasteiger charge is -2.19. The van der Waals surface area contributed by atoms with E-state index in [2.05, 4.69) is 17.4 Å². The van der Waals surface area contributed by atoms with Crippen molar-refractivity contribution in [3.8, 4) is 0 Å². The smallest absolute Gasteiger partial charge is 0.130 e. The Bertz CT molecular complexity index is 559. The highest BCUT2D eigenvalue weighted by Gasteiger charge is 2.32. The van der Waals surface area contributed by atoms with Crippen molar-refractivity contribution in [1.82, 2.24) is 5.32 Å². The molecule has 0 aromatic heterocycles. The van der Waals surface area contributed by atoms with E-state index in [-0.39, 0.29) is 18.2 Å². The zero-order valence-corrected chi connectivity index (χ0v) is 11.2. The third-order valence-corrected chi connectivity index (χ3v) is 3.81. The first-order valence-electron chi connectivity index (χ1n) is 6.97. The minimum absolute atomic E-state index is 0.120. The molecule has 104 valence electrons. The van der Waals surface area contributed by atoms with Crippen LogP contribution in [0.1, 0.15) is 30.0 Å². The van der Waals surface area contributed by atoms with Crippen LogP contribution < -0.4 is 5.32 Å². The van der Waals surface area contributed by atoms with E-state index in [1.54, 1.807) is 0 Å². The topological polar surface area (TPSA) is 12.0 Å². The molecule has 0 amide bonds. The number of nitrogens with one attached hydrogen (secondary N) is 1. The van der Waals surface area contributed by atoms with Crippen LogP contribution in [-0.4, -0.2) is 0 Å². The van der Waals surface area contributed by atoms with E-state index in [4.69, 9.17) is 0 Å². The highest BCUT2D eigenvalue weighted by Crippen LogP contribution is 2.41. The SMILES string of the molecule is Fc1cccc(F)c1CNC(c1ccccc1)C1CC1. The van der Waals surface area contributed by atoms with Gasteiger partial charge in [0.2, 0.25) is 0 Å². The Kier molecular flexibility index (Phi) is 3.79. The molecule has 1 nitrogen and oxygen atoms in total. The first-order valence-corrected chi connectivity index (χ1v) is 6.97. The fourth-order valence-corrected chi connectivity index (χ4v) is 2.56. The van der Waals surface area contributed by atoms with E-state index >= 15 is 0 Å². The van der Waals surface area contributed by atoms with Crippen molar-refractivity contribution < 1.29 is 8.78 Å². The summed E-state index contributed by atoms with van der Waals surface area (Å²) in [7, 11) is 0. The van der Waals surface area contributed by atoms with Gasteiger partial charge in [0.15, 0.2) is 0 Å². The fourth-order valence-electron chi connectivity index (χ4n) is 2.56. The summed E-state index contributed by atoms with van der Waals surface area (Å²) in [6.45, 7) is 0.217. The molecule has 1 fully saturated rings. The van der Waals surface area contributed by atoms with E-state index in [9.17, 15) is 8.78 Å². The average Bonchev–Trinajstić information content (AvgIpc) is 3.28. The molecule has 20 heavy (non-hydrogen) atoms. The van der Waals surface area contributed by atoms with Gasteiger partial charge in [-0.15, -0.1) is 0 Å². The molecular formula is C17H17F2N. The van der Waals surface area contributed by atoms with E-state index < -0.39 is 11.6 Å². The summed E-state index contributed by atoms with van der Waals surface area (Å²) in [6.07, 6.45) is 2.35. The molecule has 0 radical (unpaired) electrons. The maximum absolute atomic E-state index is 13.6. The van der Waals surface area contributed by atoms with Crippen LogP contribution >= 0.6 is 0 Å². The monoisotopic (exact) mass is 273 g/mol. The number of rotatable bonds is 5. The second kappa shape index (κ2) is 5.71. The standard InChI is InChI=1S/C17H17F2N/c18-15-7-4-8-16(19)14(15)11-20-17(13-9-10-13)12-5-2-1-3-6-12/h1-8,13,17,20H,9-11H2. The second-order valence-electron chi connectivity index (χ2n) is 5.31. The summed E-state index contributed by atoms with van der Waals surface area (Å²) < 4.78 is 27.3. The fraction of sp³-hybridized carbons (Fsp3) is 0.294. The van der Waals surface area contributed by atoms with Gasteiger partial charge in [-0.3, -0.25) is 0 Å². The molecule has 1 unspecified atom stereocenters. The molecule has 1 saturated carbocycles. The Hall–Kier alpha value is -1.74. The van der Waals surface area contributed by atoms with Gasteiger partial charge in [0.25, 0.3) is 0 Å². The Morgan fingerprint density at radius 3 is 2.20 bits per heavy atom. The lowest BCUT2D eigenvalue weighted by molar-refractivity contribution is 0.457. The van der Waals surface area contributed by atoms with Crippen molar-refractivity contribution in [2.24, 2.45) is 5.92 Å². The molecule has 0 spiro atoms. The number of hydrogen-bond donors (Lipinski definition) is 1. The normalized spacial score (nSPS) is 16.1. The number of halogens is 2. The largest absolute Gasteiger partial charge is 0.305 e. The molecule has 3 rings (SSSR count). The van der Waals surface area contributed by atoms with Crippen molar-refractivity contribution in [3.05, 3.63) is 71.3 Å². The van der Waals surface area contributed by atoms with Crippen molar-refractivity contribution in [3.63, 3.8) is 0 Å². The third kappa shape index (κ3) is 2.88. The van der Waals surface area contributed by atoms with Crippen molar-refractivity contribution in [2.75, 3.05) is 0 Å². The predicted molar refractivity (Wildman–Crippen MR) is 75.1 cm³/mol. The maximum Gasteiger partial charge on any atom is 0.130 e. The zero-order chi connectivity index (χ0) is 13.9. The minimum atomic E-state index is -0.486. The molecule has 0 bridgehead atoms. The molecule has 2 aromatic carbocycles. The molecule has 1 aliphatic carbocycles. The Labute approximate surface area is 117 Å². The van der Waals surface area contributed by atoms with Gasteiger partial charge >= 0.3 is 0 Å². The maximum atomic E-state index is 13.6. The van der Waals surface area contributed by atoms with Crippen molar-refractivity contribution in [1.29, 1.82) is 0 Å². The number of hydrogen-bond acceptors (Lipinski definition) is 1. The highest BCUT2D eigenvalue weighted by atomic mass is 19.1. The molecule has 3 heteroatoms. The van der Waals surface area contributed by atoms with Crippen molar-refractivity contribution >= 4 is 0 Å². The van der Waals surface area contributed by atoms with Gasteiger partial charge in [-0.05, 0) is 36.5 Å². The van der Waals surface area contributed by atoms with Gasteiger partial charge in [0, 0.05) is 18.2 Å². The predicted octanol–water partition coefficient (Wildman–Crippen LogP) is 4.21. The van der Waals surface area contributed by atoms with Gasteiger partial charge in [-0.25, -0.2) is 8.78 Å². The van der Waals surface area contributed by atoms with Gasteiger partial charge in [0.1, 0.15) is 11.6 Å². The van der Waals surface area contributed by atoms with Crippen LogP contribution in [0, 0.1) is 17.6 Å². The third-order valence-electron chi connectivity index (χ3n) is 3.81. The Morgan fingerprint density at radius 2 is 1.60 bits per heavy atom. The molecule has 1 atom stereocenters. The van der Waals surface area contributed by atoms with Gasteiger partial charge in [0.05, 0.1) is 0 Å². The van der Waals surface area contributed by atoms with Crippen LogP contribution in [-0.2, 0) is 6.54 Å². The molecule has 1 N–H and O–H groups in total.